The smallest absolute Gasteiger partial charge is 0.244 e. The van der Waals surface area contributed by atoms with Gasteiger partial charge in [0.15, 0.2) is 0 Å². The van der Waals surface area contributed by atoms with Crippen LogP contribution < -0.4 is 10.5 Å². The van der Waals surface area contributed by atoms with Gasteiger partial charge in [0.05, 0.1) is 5.02 Å². The topological polar surface area (TPSA) is 94.3 Å². The Kier molecular flexibility index (Phi) is 5.33. The van der Waals surface area contributed by atoms with Crippen molar-refractivity contribution in [2.75, 3.05) is 19.5 Å². The van der Waals surface area contributed by atoms with E-state index in [1.54, 1.807) is 14.0 Å². The quantitative estimate of drug-likeness (QED) is 0.816. The molecule has 3 N–H and O–H groups in total. The van der Waals surface area contributed by atoms with Crippen LogP contribution in [-0.4, -0.2) is 33.2 Å². The predicted molar refractivity (Wildman–Crippen MR) is 69.9 cm³/mol. The molecule has 0 amide bonds. The molecule has 0 saturated heterocycles. The minimum atomic E-state index is -3.72. The van der Waals surface area contributed by atoms with Crippen LogP contribution in [0.3, 0.4) is 0 Å². The fraction of sp³-hybridized carbons (Fsp3) is 0.500. The van der Waals surface area contributed by atoms with E-state index in [-0.39, 0.29) is 21.8 Å². The van der Waals surface area contributed by atoms with Crippen molar-refractivity contribution in [1.82, 2.24) is 9.71 Å². The highest BCUT2D eigenvalue weighted by Gasteiger charge is 2.21. The molecule has 102 valence electrons. The van der Waals surface area contributed by atoms with Crippen molar-refractivity contribution in [3.63, 3.8) is 0 Å². The van der Waals surface area contributed by atoms with Crippen LogP contribution in [0.5, 0.6) is 0 Å². The number of rotatable bonds is 6. The van der Waals surface area contributed by atoms with Gasteiger partial charge in [-0.3, -0.25) is 0 Å². The Morgan fingerprint density at radius 1 is 1.61 bits per heavy atom. The number of nitrogens with zero attached hydrogens (tertiary/aromatic N) is 1. The van der Waals surface area contributed by atoms with Crippen LogP contribution in [0.25, 0.3) is 0 Å². The predicted octanol–water partition coefficient (Wildman–Crippen LogP) is 1.02. The first-order valence-corrected chi connectivity index (χ1v) is 7.15. The van der Waals surface area contributed by atoms with Gasteiger partial charge >= 0.3 is 0 Å². The van der Waals surface area contributed by atoms with E-state index in [0.717, 1.165) is 0 Å². The van der Waals surface area contributed by atoms with Gasteiger partial charge in [0.1, 0.15) is 10.7 Å². The van der Waals surface area contributed by atoms with Gasteiger partial charge in [-0.05, 0) is 19.4 Å². The monoisotopic (exact) mass is 293 g/mol. The summed E-state index contributed by atoms with van der Waals surface area (Å²) < 4.78 is 31.5. The molecule has 0 aliphatic rings. The molecule has 1 aromatic heterocycles. The first-order valence-electron chi connectivity index (χ1n) is 5.29. The molecule has 1 unspecified atom stereocenters. The van der Waals surface area contributed by atoms with Crippen LogP contribution in [0.2, 0.25) is 5.02 Å². The second-order valence-corrected chi connectivity index (χ2v) is 5.96. The minimum Gasteiger partial charge on any atom is -0.385 e. The largest absolute Gasteiger partial charge is 0.385 e. The van der Waals surface area contributed by atoms with Crippen molar-refractivity contribution in [3.8, 4) is 0 Å². The van der Waals surface area contributed by atoms with Gasteiger partial charge in [0.2, 0.25) is 10.0 Å². The Labute approximate surface area is 112 Å². The third-order valence-electron chi connectivity index (χ3n) is 2.25. The number of ether oxygens (including phenoxy) is 1. The highest BCUT2D eigenvalue weighted by molar-refractivity contribution is 7.89. The maximum absolute atomic E-state index is 12.0. The molecule has 0 radical (unpaired) electrons. The van der Waals surface area contributed by atoms with Crippen LogP contribution in [0.4, 0.5) is 5.82 Å². The van der Waals surface area contributed by atoms with Crippen LogP contribution in [0.1, 0.15) is 13.3 Å². The first kappa shape index (κ1) is 15.2. The summed E-state index contributed by atoms with van der Waals surface area (Å²) in [7, 11) is -2.16. The van der Waals surface area contributed by atoms with Gasteiger partial charge in [-0.15, -0.1) is 0 Å². The van der Waals surface area contributed by atoms with E-state index in [2.05, 4.69) is 9.71 Å². The lowest BCUT2D eigenvalue weighted by Gasteiger charge is -2.14. The summed E-state index contributed by atoms with van der Waals surface area (Å²) >= 11 is 5.71. The van der Waals surface area contributed by atoms with Crippen molar-refractivity contribution in [2.24, 2.45) is 0 Å². The number of hydrogen-bond acceptors (Lipinski definition) is 5. The number of hydrogen-bond donors (Lipinski definition) is 2. The van der Waals surface area contributed by atoms with Crippen molar-refractivity contribution < 1.29 is 13.2 Å². The lowest BCUT2D eigenvalue weighted by molar-refractivity contribution is 0.188. The number of methoxy groups -OCH3 is 1. The van der Waals surface area contributed by atoms with Crippen molar-refractivity contribution in [2.45, 2.75) is 24.3 Å². The molecule has 0 fully saturated rings. The zero-order valence-corrected chi connectivity index (χ0v) is 11.8. The average molecular weight is 294 g/mol. The van der Waals surface area contributed by atoms with Crippen molar-refractivity contribution >= 4 is 27.4 Å². The summed E-state index contributed by atoms with van der Waals surface area (Å²) in [5.41, 5.74) is 5.54. The average Bonchev–Trinajstić information content (AvgIpc) is 2.29. The summed E-state index contributed by atoms with van der Waals surface area (Å²) in [4.78, 5) is 3.60. The molecular formula is C10H16ClN3O3S. The molecular weight excluding hydrogens is 278 g/mol. The van der Waals surface area contributed by atoms with E-state index < -0.39 is 10.0 Å². The summed E-state index contributed by atoms with van der Waals surface area (Å²) in [6, 6.07) is 1.00. The molecule has 6 nitrogen and oxygen atoms in total. The lowest BCUT2D eigenvalue weighted by atomic mass is 10.3. The van der Waals surface area contributed by atoms with Crippen molar-refractivity contribution in [1.29, 1.82) is 0 Å². The standard InChI is InChI=1S/C10H16ClN3O3S/c1-7(3-4-17-2)14-18(15,16)9-5-8(11)6-13-10(9)12/h5-7,14H,3-4H2,1-2H3,(H2,12,13). The Morgan fingerprint density at radius 2 is 2.28 bits per heavy atom. The van der Waals surface area contributed by atoms with Gasteiger partial charge in [-0.1, -0.05) is 11.6 Å². The first-order chi connectivity index (χ1) is 8.36. The number of nitrogens with two attached hydrogens (primary N) is 1. The Morgan fingerprint density at radius 3 is 2.89 bits per heavy atom. The number of nitrogens with one attached hydrogen (secondary N) is 1. The summed E-state index contributed by atoms with van der Waals surface area (Å²) in [5, 5.41) is 0.217. The second-order valence-electron chi connectivity index (χ2n) is 3.84. The molecule has 1 atom stereocenters. The molecule has 1 heterocycles. The van der Waals surface area contributed by atoms with E-state index in [4.69, 9.17) is 22.1 Å². The van der Waals surface area contributed by atoms with E-state index in [0.29, 0.717) is 13.0 Å². The zero-order valence-electron chi connectivity index (χ0n) is 10.2. The van der Waals surface area contributed by atoms with Crippen LogP contribution >= 0.6 is 11.6 Å². The van der Waals surface area contributed by atoms with Gasteiger partial charge < -0.3 is 10.5 Å². The highest BCUT2D eigenvalue weighted by atomic mass is 35.5. The maximum atomic E-state index is 12.0. The number of sulfonamides is 1. The highest BCUT2D eigenvalue weighted by Crippen LogP contribution is 2.20. The minimum absolute atomic E-state index is 0.0779. The number of pyridine rings is 1. The molecule has 18 heavy (non-hydrogen) atoms. The molecule has 0 spiro atoms. The third kappa shape index (κ3) is 4.09. The summed E-state index contributed by atoms with van der Waals surface area (Å²) in [6.07, 6.45) is 1.86. The van der Waals surface area contributed by atoms with Crippen LogP contribution in [-0.2, 0) is 14.8 Å². The Hall–Kier alpha value is -0.890. The molecule has 1 rings (SSSR count). The molecule has 0 bridgehead atoms. The van der Waals surface area contributed by atoms with Gasteiger partial charge in [0.25, 0.3) is 0 Å². The molecule has 0 aliphatic carbocycles. The summed E-state index contributed by atoms with van der Waals surface area (Å²) in [6.45, 7) is 2.21. The Bertz CT molecular complexity index is 507. The normalized spacial score (nSPS) is 13.5. The zero-order chi connectivity index (χ0) is 13.8. The lowest BCUT2D eigenvalue weighted by Crippen LogP contribution is -2.33. The molecule has 0 aromatic carbocycles. The molecule has 8 heteroatoms. The molecule has 0 aliphatic heterocycles. The fourth-order valence-corrected chi connectivity index (χ4v) is 2.94. The van der Waals surface area contributed by atoms with Gasteiger partial charge in [-0.25, -0.2) is 18.1 Å². The van der Waals surface area contributed by atoms with Crippen LogP contribution in [0.15, 0.2) is 17.2 Å². The number of aromatic nitrogens is 1. The third-order valence-corrected chi connectivity index (χ3v) is 4.07. The second kappa shape index (κ2) is 6.33. The fourth-order valence-electron chi connectivity index (χ4n) is 1.33. The number of anilines is 1. The van der Waals surface area contributed by atoms with Gasteiger partial charge in [0, 0.05) is 26.0 Å². The number of nitrogen functional groups attached to an aromatic ring is 1. The van der Waals surface area contributed by atoms with E-state index in [1.807, 2.05) is 0 Å². The van der Waals surface area contributed by atoms with Crippen molar-refractivity contribution in [3.05, 3.63) is 17.3 Å². The molecule has 0 saturated carbocycles. The van der Waals surface area contributed by atoms with E-state index in [1.165, 1.54) is 12.3 Å². The SMILES string of the molecule is COCCC(C)NS(=O)(=O)c1cc(Cl)cnc1N. The summed E-state index contributed by atoms with van der Waals surface area (Å²) in [5.74, 6) is -0.0779. The van der Waals surface area contributed by atoms with E-state index in [9.17, 15) is 8.42 Å². The van der Waals surface area contributed by atoms with Crippen LogP contribution in [0, 0.1) is 0 Å². The molecule has 1 aromatic rings. The van der Waals surface area contributed by atoms with E-state index >= 15 is 0 Å². The maximum Gasteiger partial charge on any atom is 0.244 e. The Balaban J connectivity index is 2.89. The van der Waals surface area contributed by atoms with Gasteiger partial charge in [-0.2, -0.15) is 0 Å². The number of halogens is 1.